The van der Waals surface area contributed by atoms with Crippen LogP contribution in [0, 0.1) is 0 Å². The molecule has 0 amide bonds. The normalized spacial score (nSPS) is 14.4. The van der Waals surface area contributed by atoms with Gasteiger partial charge < -0.3 is 4.90 Å². The molecule has 0 bridgehead atoms. The van der Waals surface area contributed by atoms with E-state index in [0.717, 1.165) is 6.54 Å². The number of benzene rings is 3. The number of piperidine rings is 1. The Hall–Kier alpha value is -3.13. The maximum atomic E-state index is 3.98. The summed E-state index contributed by atoms with van der Waals surface area (Å²) in [6.07, 6.45) is 5.95. The Labute approximate surface area is 172 Å². The summed E-state index contributed by atoms with van der Waals surface area (Å²) < 4.78 is 2.36. The molecule has 144 valence electrons. The van der Waals surface area contributed by atoms with Gasteiger partial charge in [-0.15, -0.1) is 0 Å². The third kappa shape index (κ3) is 3.19. The van der Waals surface area contributed by atoms with Crippen molar-refractivity contribution in [3.63, 3.8) is 0 Å². The summed E-state index contributed by atoms with van der Waals surface area (Å²) in [6, 6.07) is 26.7. The number of fused-ring (bicyclic) bond motifs is 2. The second kappa shape index (κ2) is 7.71. The van der Waals surface area contributed by atoms with E-state index in [2.05, 4.69) is 88.8 Å². The molecule has 3 aromatic carbocycles. The zero-order valence-electron chi connectivity index (χ0n) is 16.8. The summed E-state index contributed by atoms with van der Waals surface area (Å²) in [5.74, 6) is 0. The lowest BCUT2D eigenvalue weighted by Gasteiger charge is -2.29. The molecule has 1 aliphatic rings. The van der Waals surface area contributed by atoms with Crippen molar-refractivity contribution in [2.75, 3.05) is 18.0 Å². The molecule has 1 saturated heterocycles. The molecule has 0 aliphatic carbocycles. The molecule has 0 N–H and O–H groups in total. The van der Waals surface area contributed by atoms with E-state index in [0.29, 0.717) is 0 Å². The first kappa shape index (κ1) is 17.9. The fraction of sp³-hybridized carbons (Fsp3) is 0.222. The predicted molar refractivity (Wildman–Crippen MR) is 123 cm³/mol. The Morgan fingerprint density at radius 2 is 1.34 bits per heavy atom. The van der Waals surface area contributed by atoms with Gasteiger partial charge in [-0.1, -0.05) is 43.0 Å². The number of pyridine rings is 1. The van der Waals surface area contributed by atoms with Gasteiger partial charge in [0.1, 0.15) is 0 Å². The minimum atomic E-state index is 0.801. The molecular weight excluding hydrogens is 352 g/mol. The molecule has 5 rings (SSSR count). The third-order valence-electron chi connectivity index (χ3n) is 6.12. The van der Waals surface area contributed by atoms with E-state index in [1.807, 2.05) is 6.08 Å². The Morgan fingerprint density at radius 3 is 1.93 bits per heavy atom. The van der Waals surface area contributed by atoms with Crippen LogP contribution < -0.4 is 9.47 Å². The quantitative estimate of drug-likeness (QED) is 0.235. The van der Waals surface area contributed by atoms with E-state index in [4.69, 9.17) is 0 Å². The molecule has 0 spiro atoms. The summed E-state index contributed by atoms with van der Waals surface area (Å²) >= 11 is 0. The van der Waals surface area contributed by atoms with Crippen molar-refractivity contribution >= 4 is 27.5 Å². The van der Waals surface area contributed by atoms with Crippen molar-refractivity contribution in [1.82, 2.24) is 0 Å². The minimum Gasteiger partial charge on any atom is -0.372 e. The highest BCUT2D eigenvalue weighted by atomic mass is 15.1. The number of rotatable bonds is 4. The average Bonchev–Trinajstić information content (AvgIpc) is 2.80. The zero-order valence-corrected chi connectivity index (χ0v) is 16.8. The van der Waals surface area contributed by atoms with Gasteiger partial charge in [0.15, 0.2) is 6.54 Å². The Balaban J connectivity index is 1.71. The number of hydrogen-bond acceptors (Lipinski definition) is 1. The number of aromatic nitrogens is 1. The summed E-state index contributed by atoms with van der Waals surface area (Å²) in [5, 5.41) is 2.58. The smallest absolute Gasteiger partial charge is 0.213 e. The van der Waals surface area contributed by atoms with Gasteiger partial charge in [0, 0.05) is 36.5 Å². The van der Waals surface area contributed by atoms with Crippen LogP contribution in [0.4, 0.5) is 5.69 Å². The van der Waals surface area contributed by atoms with E-state index in [-0.39, 0.29) is 0 Å². The van der Waals surface area contributed by atoms with E-state index in [1.54, 1.807) is 0 Å². The molecule has 0 atom stereocenters. The van der Waals surface area contributed by atoms with Gasteiger partial charge in [-0.3, -0.25) is 0 Å². The highest BCUT2D eigenvalue weighted by molar-refractivity contribution is 6.07. The molecule has 2 heteroatoms. The van der Waals surface area contributed by atoms with Crippen molar-refractivity contribution in [3.05, 3.63) is 85.5 Å². The summed E-state index contributed by atoms with van der Waals surface area (Å²) in [7, 11) is 0. The molecule has 2 heterocycles. The predicted octanol–water partition coefficient (Wildman–Crippen LogP) is 6.12. The molecule has 0 unspecified atom stereocenters. The first-order chi connectivity index (χ1) is 14.4. The first-order valence-electron chi connectivity index (χ1n) is 10.7. The van der Waals surface area contributed by atoms with E-state index in [1.165, 1.54) is 71.0 Å². The van der Waals surface area contributed by atoms with Gasteiger partial charge >= 0.3 is 0 Å². The fourth-order valence-corrected chi connectivity index (χ4v) is 4.74. The van der Waals surface area contributed by atoms with Crippen LogP contribution in [-0.2, 0) is 6.54 Å². The molecule has 0 radical (unpaired) electrons. The SMILES string of the molecule is C=CC[n+]1c2ccccc2c(-c2ccc(N3CCCCC3)cc2)c2ccccc21. The largest absolute Gasteiger partial charge is 0.372 e. The highest BCUT2D eigenvalue weighted by Gasteiger charge is 2.20. The van der Waals surface area contributed by atoms with Gasteiger partial charge in [-0.05, 0) is 55.2 Å². The molecular formula is C27H27N2+. The first-order valence-corrected chi connectivity index (χ1v) is 10.7. The van der Waals surface area contributed by atoms with Gasteiger partial charge in [-0.25, -0.2) is 0 Å². The van der Waals surface area contributed by atoms with E-state index in [9.17, 15) is 0 Å². The second-order valence-corrected chi connectivity index (χ2v) is 7.90. The lowest BCUT2D eigenvalue weighted by Crippen LogP contribution is -2.34. The van der Waals surface area contributed by atoms with Crippen LogP contribution in [-0.4, -0.2) is 13.1 Å². The van der Waals surface area contributed by atoms with Gasteiger partial charge in [0.2, 0.25) is 11.0 Å². The Kier molecular flexibility index (Phi) is 4.77. The summed E-state index contributed by atoms with van der Waals surface area (Å²) in [4.78, 5) is 2.52. The second-order valence-electron chi connectivity index (χ2n) is 7.90. The van der Waals surface area contributed by atoms with Crippen LogP contribution in [0.25, 0.3) is 32.9 Å². The number of anilines is 1. The van der Waals surface area contributed by atoms with Crippen molar-refractivity contribution in [3.8, 4) is 11.1 Å². The van der Waals surface area contributed by atoms with Crippen molar-refractivity contribution in [1.29, 1.82) is 0 Å². The molecule has 1 aromatic heterocycles. The topological polar surface area (TPSA) is 7.12 Å². The third-order valence-corrected chi connectivity index (χ3v) is 6.12. The molecule has 1 aliphatic heterocycles. The molecule has 2 nitrogen and oxygen atoms in total. The zero-order chi connectivity index (χ0) is 19.6. The standard InChI is InChI=1S/C27H27N2/c1-2-18-29-25-12-6-4-10-23(25)27(24-11-5-7-13-26(24)29)21-14-16-22(17-15-21)28-19-8-3-9-20-28/h2,4-7,10-17H,1,3,8-9,18-20H2/q+1. The maximum absolute atomic E-state index is 3.98. The molecule has 4 aromatic rings. The fourth-order valence-electron chi connectivity index (χ4n) is 4.74. The van der Waals surface area contributed by atoms with Gasteiger partial charge in [-0.2, -0.15) is 4.57 Å². The van der Waals surface area contributed by atoms with Gasteiger partial charge in [0.05, 0.1) is 10.8 Å². The number of hydrogen-bond donors (Lipinski definition) is 0. The number of nitrogens with zero attached hydrogens (tertiary/aromatic N) is 2. The van der Waals surface area contributed by atoms with Crippen molar-refractivity contribution < 1.29 is 4.57 Å². The monoisotopic (exact) mass is 379 g/mol. The van der Waals surface area contributed by atoms with Crippen LogP contribution in [0.3, 0.4) is 0 Å². The highest BCUT2D eigenvalue weighted by Crippen LogP contribution is 2.35. The molecule has 29 heavy (non-hydrogen) atoms. The molecule has 0 saturated carbocycles. The molecule has 1 fully saturated rings. The lowest BCUT2D eigenvalue weighted by molar-refractivity contribution is -0.634. The van der Waals surface area contributed by atoms with Crippen molar-refractivity contribution in [2.24, 2.45) is 0 Å². The number of allylic oxidation sites excluding steroid dienone is 1. The lowest BCUT2D eigenvalue weighted by atomic mass is 9.95. The summed E-state index contributed by atoms with van der Waals surface area (Å²) in [6.45, 7) is 7.14. The van der Waals surface area contributed by atoms with Crippen LogP contribution in [0.5, 0.6) is 0 Å². The summed E-state index contributed by atoms with van der Waals surface area (Å²) in [5.41, 5.74) is 6.45. The minimum absolute atomic E-state index is 0.801. The maximum Gasteiger partial charge on any atom is 0.213 e. The van der Waals surface area contributed by atoms with Crippen LogP contribution in [0.1, 0.15) is 19.3 Å². The Morgan fingerprint density at radius 1 is 0.759 bits per heavy atom. The average molecular weight is 380 g/mol. The number of para-hydroxylation sites is 2. The van der Waals surface area contributed by atoms with Gasteiger partial charge in [0.25, 0.3) is 0 Å². The Bertz CT molecular complexity index is 1110. The van der Waals surface area contributed by atoms with Crippen LogP contribution in [0.2, 0.25) is 0 Å². The van der Waals surface area contributed by atoms with Crippen LogP contribution >= 0.6 is 0 Å². The van der Waals surface area contributed by atoms with E-state index >= 15 is 0 Å². The van der Waals surface area contributed by atoms with E-state index < -0.39 is 0 Å². The van der Waals surface area contributed by atoms with Crippen molar-refractivity contribution in [2.45, 2.75) is 25.8 Å². The van der Waals surface area contributed by atoms with Crippen LogP contribution in [0.15, 0.2) is 85.5 Å².